The average Bonchev–Trinajstić information content (AvgIpc) is 3.03. The topological polar surface area (TPSA) is 72.7 Å². The molecule has 0 aliphatic carbocycles. The molecule has 0 fully saturated rings. The lowest BCUT2D eigenvalue weighted by Crippen LogP contribution is -2.23. The number of aryl methyl sites for hydroxylation is 1. The lowest BCUT2D eigenvalue weighted by molar-refractivity contribution is 0.0946. The van der Waals surface area contributed by atoms with Gasteiger partial charge in [-0.1, -0.05) is 41.1 Å². The maximum absolute atomic E-state index is 12.1. The van der Waals surface area contributed by atoms with Crippen LogP contribution in [-0.4, -0.2) is 25.9 Å². The van der Waals surface area contributed by atoms with E-state index in [-0.39, 0.29) is 5.91 Å². The van der Waals surface area contributed by atoms with E-state index in [4.69, 9.17) is 0 Å². The molecule has 6 heteroatoms. The van der Waals surface area contributed by atoms with Gasteiger partial charge in [0.1, 0.15) is 0 Å². The number of rotatable bonds is 5. The first-order chi connectivity index (χ1) is 11.2. The van der Waals surface area contributed by atoms with E-state index in [0.29, 0.717) is 18.8 Å². The van der Waals surface area contributed by atoms with Crippen LogP contribution in [0.2, 0.25) is 0 Å². The van der Waals surface area contributed by atoms with E-state index >= 15 is 0 Å². The fourth-order valence-corrected chi connectivity index (χ4v) is 2.12. The molecule has 3 rings (SSSR count). The third-order valence-electron chi connectivity index (χ3n) is 3.40. The molecule has 0 radical (unpaired) electrons. The molecule has 0 spiro atoms. The van der Waals surface area contributed by atoms with Gasteiger partial charge in [0.15, 0.2) is 5.69 Å². The van der Waals surface area contributed by atoms with Gasteiger partial charge < -0.3 is 5.32 Å². The smallest absolute Gasteiger partial charge is 0.273 e. The molecule has 0 bridgehead atoms. The molecular weight excluding hydrogens is 290 g/mol. The normalized spacial score (nSPS) is 10.5. The molecule has 0 unspecified atom stereocenters. The highest BCUT2D eigenvalue weighted by molar-refractivity contribution is 5.91. The molecule has 0 aliphatic rings. The zero-order chi connectivity index (χ0) is 16.1. The number of amides is 1. The average molecular weight is 307 g/mol. The Kier molecular flexibility index (Phi) is 4.42. The van der Waals surface area contributed by atoms with E-state index in [1.165, 1.54) is 5.56 Å². The second-order valence-corrected chi connectivity index (χ2v) is 5.29. The lowest BCUT2D eigenvalue weighted by atomic mass is 10.1. The maximum Gasteiger partial charge on any atom is 0.273 e. The Bertz CT molecular complexity index is 780. The summed E-state index contributed by atoms with van der Waals surface area (Å²) in [6.07, 6.45) is 3.35. The summed E-state index contributed by atoms with van der Waals surface area (Å²) in [5.74, 6) is -0.238. The monoisotopic (exact) mass is 307 g/mol. The number of carbonyl (C=O) groups excluding carboxylic acids is 1. The summed E-state index contributed by atoms with van der Waals surface area (Å²) in [5, 5.41) is 10.7. The molecule has 6 nitrogen and oxygen atoms in total. The predicted molar refractivity (Wildman–Crippen MR) is 85.7 cm³/mol. The van der Waals surface area contributed by atoms with Crippen LogP contribution in [-0.2, 0) is 13.1 Å². The second kappa shape index (κ2) is 6.83. The van der Waals surface area contributed by atoms with Gasteiger partial charge in [-0.3, -0.25) is 9.78 Å². The van der Waals surface area contributed by atoms with Gasteiger partial charge in [-0.2, -0.15) is 0 Å². The van der Waals surface area contributed by atoms with Gasteiger partial charge in [0.05, 0.1) is 18.4 Å². The first kappa shape index (κ1) is 14.9. The number of nitrogens with one attached hydrogen (secondary N) is 1. The molecule has 2 heterocycles. The molecule has 2 aromatic heterocycles. The fraction of sp³-hybridized carbons (Fsp3) is 0.176. The standard InChI is InChI=1S/C17H17N5O/c1-13-5-7-14(8-6-13)10-19-17(23)16-12-22(21-20-16)11-15-4-2-3-9-18-15/h2-9,12H,10-11H2,1H3,(H,19,23). The predicted octanol–water partition coefficient (Wildman–Crippen LogP) is 1.96. The van der Waals surface area contributed by atoms with Crippen molar-refractivity contribution >= 4 is 5.91 Å². The summed E-state index contributed by atoms with van der Waals surface area (Å²) in [7, 11) is 0. The SMILES string of the molecule is Cc1ccc(CNC(=O)c2cn(Cc3ccccn3)nn2)cc1. The van der Waals surface area contributed by atoms with Crippen LogP contribution in [0.4, 0.5) is 0 Å². The van der Waals surface area contributed by atoms with Gasteiger partial charge in [-0.15, -0.1) is 5.10 Å². The molecule has 116 valence electrons. The molecule has 0 saturated carbocycles. The lowest BCUT2D eigenvalue weighted by Gasteiger charge is -2.03. The Hall–Kier alpha value is -3.02. The number of aromatic nitrogens is 4. The van der Waals surface area contributed by atoms with Crippen LogP contribution in [0.1, 0.15) is 27.3 Å². The summed E-state index contributed by atoms with van der Waals surface area (Å²) >= 11 is 0. The van der Waals surface area contributed by atoms with Crippen molar-refractivity contribution in [2.75, 3.05) is 0 Å². The van der Waals surface area contributed by atoms with Crippen molar-refractivity contribution < 1.29 is 4.79 Å². The molecule has 23 heavy (non-hydrogen) atoms. The summed E-state index contributed by atoms with van der Waals surface area (Å²) in [6, 6.07) is 13.7. The van der Waals surface area contributed by atoms with E-state index in [1.807, 2.05) is 49.4 Å². The number of hydrogen-bond donors (Lipinski definition) is 1. The molecule has 3 aromatic rings. The highest BCUT2D eigenvalue weighted by Crippen LogP contribution is 2.03. The van der Waals surface area contributed by atoms with Crippen molar-refractivity contribution in [2.24, 2.45) is 0 Å². The summed E-state index contributed by atoms with van der Waals surface area (Å²) in [4.78, 5) is 16.3. The van der Waals surface area contributed by atoms with Gasteiger partial charge in [-0.25, -0.2) is 4.68 Å². The fourth-order valence-electron chi connectivity index (χ4n) is 2.12. The van der Waals surface area contributed by atoms with Crippen LogP contribution >= 0.6 is 0 Å². The van der Waals surface area contributed by atoms with Gasteiger partial charge in [0, 0.05) is 12.7 Å². The minimum atomic E-state index is -0.238. The van der Waals surface area contributed by atoms with Crippen LogP contribution in [0.5, 0.6) is 0 Å². The first-order valence-electron chi connectivity index (χ1n) is 7.34. The maximum atomic E-state index is 12.1. The number of pyridine rings is 1. The van der Waals surface area contributed by atoms with E-state index in [2.05, 4.69) is 20.6 Å². The molecule has 1 aromatic carbocycles. The van der Waals surface area contributed by atoms with Crippen molar-refractivity contribution in [3.05, 3.63) is 77.4 Å². The molecule has 0 saturated heterocycles. The third kappa shape index (κ3) is 4.00. The Balaban J connectivity index is 1.59. The summed E-state index contributed by atoms with van der Waals surface area (Å²) in [5.41, 5.74) is 3.40. The van der Waals surface area contributed by atoms with Crippen molar-refractivity contribution in [1.82, 2.24) is 25.3 Å². The van der Waals surface area contributed by atoms with Crippen LogP contribution in [0.25, 0.3) is 0 Å². The van der Waals surface area contributed by atoms with Crippen molar-refractivity contribution in [2.45, 2.75) is 20.0 Å². The number of nitrogens with zero attached hydrogens (tertiary/aromatic N) is 4. The highest BCUT2D eigenvalue weighted by Gasteiger charge is 2.10. The first-order valence-corrected chi connectivity index (χ1v) is 7.34. The Morgan fingerprint density at radius 3 is 2.74 bits per heavy atom. The van der Waals surface area contributed by atoms with Crippen LogP contribution < -0.4 is 5.32 Å². The number of benzene rings is 1. The largest absolute Gasteiger partial charge is 0.347 e. The van der Waals surface area contributed by atoms with Gasteiger partial charge in [0.2, 0.25) is 0 Å². The van der Waals surface area contributed by atoms with Crippen LogP contribution in [0, 0.1) is 6.92 Å². The van der Waals surface area contributed by atoms with Crippen molar-refractivity contribution in [3.63, 3.8) is 0 Å². The molecule has 1 amide bonds. The molecule has 0 aliphatic heterocycles. The van der Waals surface area contributed by atoms with Gasteiger partial charge in [0.25, 0.3) is 5.91 Å². The van der Waals surface area contributed by atoms with Gasteiger partial charge in [-0.05, 0) is 24.6 Å². The summed E-state index contributed by atoms with van der Waals surface area (Å²) < 4.78 is 1.60. The molecule has 0 atom stereocenters. The second-order valence-electron chi connectivity index (χ2n) is 5.29. The van der Waals surface area contributed by atoms with Crippen molar-refractivity contribution in [1.29, 1.82) is 0 Å². The van der Waals surface area contributed by atoms with E-state index < -0.39 is 0 Å². The zero-order valence-corrected chi connectivity index (χ0v) is 12.8. The Morgan fingerprint density at radius 2 is 2.00 bits per heavy atom. The molecule has 1 N–H and O–H groups in total. The Labute approximate surface area is 134 Å². The van der Waals surface area contributed by atoms with Gasteiger partial charge >= 0.3 is 0 Å². The van der Waals surface area contributed by atoms with Crippen LogP contribution in [0.15, 0.2) is 54.9 Å². The summed E-state index contributed by atoms with van der Waals surface area (Å²) in [6.45, 7) is 2.98. The Morgan fingerprint density at radius 1 is 1.17 bits per heavy atom. The number of hydrogen-bond acceptors (Lipinski definition) is 4. The minimum Gasteiger partial charge on any atom is -0.347 e. The number of carbonyl (C=O) groups is 1. The zero-order valence-electron chi connectivity index (χ0n) is 12.8. The molecular formula is C17H17N5O. The highest BCUT2D eigenvalue weighted by atomic mass is 16.2. The van der Waals surface area contributed by atoms with E-state index in [9.17, 15) is 4.79 Å². The minimum absolute atomic E-state index is 0.238. The quantitative estimate of drug-likeness (QED) is 0.782. The van der Waals surface area contributed by atoms with E-state index in [0.717, 1.165) is 11.3 Å². The third-order valence-corrected chi connectivity index (χ3v) is 3.40. The van der Waals surface area contributed by atoms with Crippen molar-refractivity contribution in [3.8, 4) is 0 Å². The van der Waals surface area contributed by atoms with Crippen LogP contribution in [0.3, 0.4) is 0 Å². The van der Waals surface area contributed by atoms with E-state index in [1.54, 1.807) is 17.1 Å².